The van der Waals surface area contributed by atoms with E-state index in [-0.39, 0.29) is 14.5 Å². The summed E-state index contributed by atoms with van der Waals surface area (Å²) < 4.78 is 39.0. The Morgan fingerprint density at radius 3 is 2.58 bits per heavy atom. The molecule has 0 spiro atoms. The first kappa shape index (κ1) is 23.7. The molecule has 190 valence electrons. The third-order valence-corrected chi connectivity index (χ3v) is 6.19. The first-order valence-corrected chi connectivity index (χ1v) is 11.5. The van der Waals surface area contributed by atoms with Gasteiger partial charge in [0.15, 0.2) is 23.1 Å². The van der Waals surface area contributed by atoms with Crippen molar-refractivity contribution < 1.29 is 21.1 Å². The van der Waals surface area contributed by atoms with Crippen LogP contribution in [0.25, 0.3) is 10.9 Å². The van der Waals surface area contributed by atoms with Crippen LogP contribution in [-0.2, 0) is 0 Å². The lowest BCUT2D eigenvalue weighted by Crippen LogP contribution is -2.46. The molecule has 4 aromatic rings. The minimum Gasteiger partial charge on any atom is -0.493 e. The Balaban J connectivity index is 0.00000200. The number of rotatable bonds is 8. The number of hydrogen-bond donors (Lipinski definition) is 2. The number of halogens is 2. The number of nitrogens with one attached hydrogen (secondary N) is 2. The SMILES string of the molecule is COc1cc(Nc2nccc(Nc3cnc4c(F)c(F)ccc4c3)n2)ccc1OC1CC(N(C)C)C1.[HH].[HH]. The van der Waals surface area contributed by atoms with Crippen molar-refractivity contribution in [2.75, 3.05) is 31.8 Å². The summed E-state index contributed by atoms with van der Waals surface area (Å²) in [5, 5.41) is 6.76. The largest absolute Gasteiger partial charge is 0.493 e. The molecule has 5 rings (SSSR count). The van der Waals surface area contributed by atoms with E-state index in [1.54, 1.807) is 25.4 Å². The average molecular weight is 497 g/mol. The van der Waals surface area contributed by atoms with Gasteiger partial charge < -0.3 is 25.0 Å². The molecule has 0 unspecified atom stereocenters. The number of hydrogen-bond acceptors (Lipinski definition) is 8. The van der Waals surface area contributed by atoms with Gasteiger partial charge in [0, 0.05) is 32.2 Å². The predicted octanol–water partition coefficient (Wildman–Crippen LogP) is 5.76. The molecule has 8 nitrogen and oxygen atoms in total. The van der Waals surface area contributed by atoms with Crippen molar-refractivity contribution in [2.24, 2.45) is 0 Å². The lowest BCUT2D eigenvalue weighted by molar-refractivity contribution is 0.0383. The standard InChI is InChI=1S/C26H26F2N6O2.2H2/c1-34(2)18-12-19(13-18)36-21-7-5-16(11-22(21)35-3)32-26-29-9-8-23(33-26)31-17-10-15-4-6-20(27)24(28)25(15)30-14-17;;/h4-11,14,18-19H,12-13H2,1-3H3,(H2,29,31,32,33);2*1H. The van der Waals surface area contributed by atoms with Crippen LogP contribution in [-0.4, -0.2) is 53.2 Å². The summed E-state index contributed by atoms with van der Waals surface area (Å²) in [5.41, 5.74) is 1.29. The lowest BCUT2D eigenvalue weighted by atomic mass is 9.88. The quantitative estimate of drug-likeness (QED) is 0.318. The number of aromatic nitrogens is 3. The van der Waals surface area contributed by atoms with Crippen molar-refractivity contribution in [1.82, 2.24) is 19.9 Å². The molecule has 2 N–H and O–H groups in total. The zero-order valence-electron chi connectivity index (χ0n) is 20.1. The highest BCUT2D eigenvalue weighted by molar-refractivity contribution is 5.83. The number of ether oxygens (including phenoxy) is 2. The molecular formula is C26H30F2N6O2. The molecule has 2 aromatic carbocycles. The number of methoxy groups -OCH3 is 1. The molecule has 1 fully saturated rings. The summed E-state index contributed by atoms with van der Waals surface area (Å²) in [4.78, 5) is 15.0. The lowest BCUT2D eigenvalue weighted by Gasteiger charge is -2.39. The topological polar surface area (TPSA) is 84.4 Å². The Kier molecular flexibility index (Phi) is 6.51. The van der Waals surface area contributed by atoms with Crippen molar-refractivity contribution in [2.45, 2.75) is 25.0 Å². The Morgan fingerprint density at radius 1 is 0.972 bits per heavy atom. The summed E-state index contributed by atoms with van der Waals surface area (Å²) >= 11 is 0. The van der Waals surface area contributed by atoms with E-state index in [4.69, 9.17) is 9.47 Å². The van der Waals surface area contributed by atoms with Gasteiger partial charge in [0.05, 0.1) is 19.0 Å². The van der Waals surface area contributed by atoms with E-state index in [2.05, 4.69) is 44.6 Å². The van der Waals surface area contributed by atoms with Crippen LogP contribution in [0.3, 0.4) is 0 Å². The maximum absolute atomic E-state index is 13.9. The molecule has 1 aliphatic rings. The molecule has 2 heterocycles. The number of pyridine rings is 1. The molecule has 0 amide bonds. The Morgan fingerprint density at radius 2 is 1.81 bits per heavy atom. The summed E-state index contributed by atoms with van der Waals surface area (Å²) in [7, 11) is 5.77. The molecule has 0 atom stereocenters. The fourth-order valence-electron chi connectivity index (χ4n) is 4.05. The van der Waals surface area contributed by atoms with E-state index in [0.717, 1.165) is 24.6 Å². The Labute approximate surface area is 210 Å². The molecule has 36 heavy (non-hydrogen) atoms. The van der Waals surface area contributed by atoms with Crippen LogP contribution < -0.4 is 20.1 Å². The minimum atomic E-state index is -0.968. The van der Waals surface area contributed by atoms with E-state index in [0.29, 0.717) is 40.4 Å². The number of benzene rings is 2. The minimum absolute atomic E-state index is 0. The van der Waals surface area contributed by atoms with E-state index in [1.165, 1.54) is 12.3 Å². The van der Waals surface area contributed by atoms with Gasteiger partial charge in [0.25, 0.3) is 0 Å². The second-order valence-corrected chi connectivity index (χ2v) is 8.87. The van der Waals surface area contributed by atoms with Gasteiger partial charge in [-0.1, -0.05) is 0 Å². The van der Waals surface area contributed by atoms with Crippen LogP contribution in [0.15, 0.2) is 54.9 Å². The van der Waals surface area contributed by atoms with E-state index in [9.17, 15) is 8.78 Å². The number of anilines is 4. The Hall–Kier alpha value is -4.05. The van der Waals surface area contributed by atoms with E-state index in [1.807, 2.05) is 18.2 Å². The van der Waals surface area contributed by atoms with Gasteiger partial charge in [-0.3, -0.25) is 4.98 Å². The van der Waals surface area contributed by atoms with Gasteiger partial charge in [-0.15, -0.1) is 0 Å². The first-order chi connectivity index (χ1) is 17.4. The van der Waals surface area contributed by atoms with Crippen molar-refractivity contribution in [3.8, 4) is 11.5 Å². The molecular weight excluding hydrogens is 466 g/mol. The summed E-state index contributed by atoms with van der Waals surface area (Å²) in [6.45, 7) is 0. The Bertz CT molecular complexity index is 1410. The summed E-state index contributed by atoms with van der Waals surface area (Å²) in [6, 6.07) is 12.1. The highest BCUT2D eigenvalue weighted by Gasteiger charge is 2.32. The zero-order chi connectivity index (χ0) is 25.2. The van der Waals surface area contributed by atoms with Crippen LogP contribution in [0.5, 0.6) is 11.5 Å². The van der Waals surface area contributed by atoms with Crippen molar-refractivity contribution in [1.29, 1.82) is 0 Å². The predicted molar refractivity (Wildman–Crippen MR) is 139 cm³/mol. The smallest absolute Gasteiger partial charge is 0.229 e. The van der Waals surface area contributed by atoms with Gasteiger partial charge in [-0.05, 0) is 63.3 Å². The maximum atomic E-state index is 13.9. The fourth-order valence-corrected chi connectivity index (χ4v) is 4.05. The third-order valence-electron chi connectivity index (χ3n) is 6.19. The van der Waals surface area contributed by atoms with E-state index < -0.39 is 11.6 Å². The fraction of sp³-hybridized carbons (Fsp3) is 0.269. The van der Waals surface area contributed by atoms with Gasteiger partial charge in [-0.2, -0.15) is 4.98 Å². The maximum Gasteiger partial charge on any atom is 0.229 e. The van der Waals surface area contributed by atoms with Gasteiger partial charge in [-0.25, -0.2) is 13.8 Å². The molecule has 0 aliphatic heterocycles. The van der Waals surface area contributed by atoms with Gasteiger partial charge in [0.1, 0.15) is 17.4 Å². The molecule has 1 aliphatic carbocycles. The molecule has 0 saturated heterocycles. The van der Waals surface area contributed by atoms with Gasteiger partial charge in [0.2, 0.25) is 5.95 Å². The summed E-state index contributed by atoms with van der Waals surface area (Å²) in [6.07, 6.45) is 5.18. The second-order valence-electron chi connectivity index (χ2n) is 8.87. The number of fused-ring (bicyclic) bond motifs is 1. The zero-order valence-corrected chi connectivity index (χ0v) is 20.1. The highest BCUT2D eigenvalue weighted by Crippen LogP contribution is 2.36. The molecule has 1 saturated carbocycles. The van der Waals surface area contributed by atoms with Crippen LogP contribution in [0.1, 0.15) is 15.7 Å². The van der Waals surface area contributed by atoms with E-state index >= 15 is 0 Å². The second kappa shape index (κ2) is 9.90. The first-order valence-electron chi connectivity index (χ1n) is 11.5. The highest BCUT2D eigenvalue weighted by atomic mass is 19.2. The molecule has 0 radical (unpaired) electrons. The molecule has 2 aromatic heterocycles. The molecule has 0 bridgehead atoms. The van der Waals surface area contributed by atoms with Crippen LogP contribution >= 0.6 is 0 Å². The summed E-state index contributed by atoms with van der Waals surface area (Å²) in [5.74, 6) is 0.286. The van der Waals surface area contributed by atoms with Gasteiger partial charge >= 0.3 is 0 Å². The van der Waals surface area contributed by atoms with Crippen molar-refractivity contribution >= 4 is 34.0 Å². The van der Waals surface area contributed by atoms with Crippen LogP contribution in [0.4, 0.5) is 31.9 Å². The van der Waals surface area contributed by atoms with Crippen molar-refractivity contribution in [3.63, 3.8) is 0 Å². The average Bonchev–Trinajstić information content (AvgIpc) is 2.84. The van der Waals surface area contributed by atoms with Crippen molar-refractivity contribution in [3.05, 3.63) is 66.5 Å². The normalized spacial score (nSPS) is 17.1. The number of nitrogens with zero attached hydrogens (tertiary/aromatic N) is 4. The monoisotopic (exact) mass is 496 g/mol. The van der Waals surface area contributed by atoms with Crippen LogP contribution in [0, 0.1) is 11.6 Å². The van der Waals surface area contributed by atoms with Crippen LogP contribution in [0.2, 0.25) is 0 Å². The molecule has 10 heteroatoms. The third kappa shape index (κ3) is 4.99.